The van der Waals surface area contributed by atoms with Gasteiger partial charge in [0.05, 0.1) is 6.61 Å². The molecular weight excluding hydrogens is 518 g/mol. The van der Waals surface area contributed by atoms with Crippen molar-refractivity contribution in [2.45, 2.75) is 51.8 Å². The van der Waals surface area contributed by atoms with Gasteiger partial charge in [0.2, 0.25) is 0 Å². The summed E-state index contributed by atoms with van der Waals surface area (Å²) < 4.78 is 90.5. The second kappa shape index (κ2) is 12.5. The number of ether oxygens (including phenoxy) is 2. The first-order chi connectivity index (χ1) is 18.6. The third-order valence-corrected chi connectivity index (χ3v) is 6.48. The number of unbranched alkanes of at least 4 members (excludes halogenated alkanes) is 1. The van der Waals surface area contributed by atoms with E-state index in [2.05, 4.69) is 4.74 Å². The molecule has 0 radical (unpaired) electrons. The third kappa shape index (κ3) is 7.68. The Balaban J connectivity index is 1.39. The Hall–Kier alpha value is -3.68. The van der Waals surface area contributed by atoms with E-state index in [1.165, 1.54) is 36.4 Å². The fraction of sp³-hybridized carbons (Fsp3) is 0.290. The Morgan fingerprint density at radius 3 is 2.03 bits per heavy atom. The fourth-order valence-electron chi connectivity index (χ4n) is 4.38. The van der Waals surface area contributed by atoms with Crippen LogP contribution in [0.15, 0.2) is 66.7 Å². The molecule has 0 saturated carbocycles. The number of hydrogen-bond donors (Lipinski definition) is 0. The van der Waals surface area contributed by atoms with Gasteiger partial charge in [0.15, 0.2) is 0 Å². The zero-order valence-corrected chi connectivity index (χ0v) is 21.4. The SMILES string of the molecule is CCCCOc1cc(F)c(CCc2ccc3c(F)c(CCc4ccc(OC(F)(F)F)cc4)ccc3c2)c(F)c1. The van der Waals surface area contributed by atoms with Gasteiger partial charge in [-0.3, -0.25) is 0 Å². The quantitative estimate of drug-likeness (QED) is 0.138. The van der Waals surface area contributed by atoms with Gasteiger partial charge < -0.3 is 9.47 Å². The third-order valence-electron chi connectivity index (χ3n) is 6.48. The zero-order chi connectivity index (χ0) is 28.0. The van der Waals surface area contributed by atoms with Gasteiger partial charge in [-0.2, -0.15) is 0 Å². The lowest BCUT2D eigenvalue weighted by molar-refractivity contribution is -0.274. The van der Waals surface area contributed by atoms with Gasteiger partial charge in [0.25, 0.3) is 0 Å². The number of aryl methyl sites for hydroxylation is 3. The second-order valence-corrected chi connectivity index (χ2v) is 9.35. The van der Waals surface area contributed by atoms with E-state index in [0.29, 0.717) is 42.2 Å². The minimum absolute atomic E-state index is 0.0162. The highest BCUT2D eigenvalue weighted by molar-refractivity contribution is 5.84. The summed E-state index contributed by atoms with van der Waals surface area (Å²) in [6.07, 6.45) is -1.72. The number of benzene rings is 4. The predicted octanol–water partition coefficient (Wildman–Crippen LogP) is 8.90. The molecule has 0 amide bonds. The van der Waals surface area contributed by atoms with E-state index in [1.807, 2.05) is 6.92 Å². The van der Waals surface area contributed by atoms with Crippen molar-refractivity contribution in [3.8, 4) is 11.5 Å². The molecule has 4 rings (SSSR count). The van der Waals surface area contributed by atoms with E-state index in [-0.39, 0.29) is 29.3 Å². The predicted molar refractivity (Wildman–Crippen MR) is 139 cm³/mol. The van der Waals surface area contributed by atoms with Gasteiger partial charge >= 0.3 is 6.36 Å². The Labute approximate surface area is 223 Å². The maximum Gasteiger partial charge on any atom is 0.573 e. The zero-order valence-electron chi connectivity index (χ0n) is 21.4. The summed E-state index contributed by atoms with van der Waals surface area (Å²) in [4.78, 5) is 0. The van der Waals surface area contributed by atoms with Crippen LogP contribution in [-0.2, 0) is 25.7 Å². The minimum atomic E-state index is -4.75. The Morgan fingerprint density at radius 1 is 0.692 bits per heavy atom. The Bertz CT molecular complexity index is 1390. The van der Waals surface area contributed by atoms with Crippen molar-refractivity contribution in [2.75, 3.05) is 6.61 Å². The van der Waals surface area contributed by atoms with E-state index in [0.717, 1.165) is 24.0 Å². The van der Waals surface area contributed by atoms with Crippen molar-refractivity contribution in [1.82, 2.24) is 0 Å². The summed E-state index contributed by atoms with van der Waals surface area (Å²) in [5.41, 5.74) is 2.03. The molecule has 2 nitrogen and oxygen atoms in total. The number of hydrogen-bond acceptors (Lipinski definition) is 2. The molecule has 0 atom stereocenters. The summed E-state index contributed by atoms with van der Waals surface area (Å²) in [6.45, 7) is 2.40. The van der Waals surface area contributed by atoms with E-state index in [4.69, 9.17) is 4.74 Å². The van der Waals surface area contributed by atoms with Crippen LogP contribution in [0.4, 0.5) is 26.3 Å². The molecule has 0 aliphatic rings. The summed E-state index contributed by atoms with van der Waals surface area (Å²) in [5.74, 6) is -1.81. The summed E-state index contributed by atoms with van der Waals surface area (Å²) >= 11 is 0. The van der Waals surface area contributed by atoms with E-state index < -0.39 is 18.0 Å². The maximum atomic E-state index is 15.2. The van der Waals surface area contributed by atoms with Crippen LogP contribution in [0.25, 0.3) is 10.8 Å². The first kappa shape index (κ1) is 28.3. The molecule has 0 unspecified atom stereocenters. The lowest BCUT2D eigenvalue weighted by atomic mass is 9.97. The number of fused-ring (bicyclic) bond motifs is 1. The molecule has 4 aromatic rings. The van der Waals surface area contributed by atoms with E-state index in [9.17, 15) is 22.0 Å². The second-order valence-electron chi connectivity index (χ2n) is 9.35. The highest BCUT2D eigenvalue weighted by Gasteiger charge is 2.30. The van der Waals surface area contributed by atoms with Crippen molar-refractivity contribution in [3.63, 3.8) is 0 Å². The van der Waals surface area contributed by atoms with Crippen molar-refractivity contribution >= 4 is 10.8 Å². The van der Waals surface area contributed by atoms with Crippen molar-refractivity contribution < 1.29 is 35.8 Å². The minimum Gasteiger partial charge on any atom is -0.493 e. The molecule has 0 aromatic heterocycles. The average Bonchev–Trinajstić information content (AvgIpc) is 2.88. The van der Waals surface area contributed by atoms with Crippen LogP contribution in [0.3, 0.4) is 0 Å². The summed E-state index contributed by atoms with van der Waals surface area (Å²) in [5, 5.41) is 1.10. The molecule has 0 fully saturated rings. The van der Waals surface area contributed by atoms with Gasteiger partial charge in [-0.1, -0.05) is 55.8 Å². The molecule has 206 valence electrons. The molecule has 0 aliphatic carbocycles. The molecule has 0 spiro atoms. The monoisotopic (exact) mass is 546 g/mol. The molecule has 8 heteroatoms. The topological polar surface area (TPSA) is 18.5 Å². The Kier molecular flexibility index (Phi) is 9.04. The molecule has 0 N–H and O–H groups in total. The molecule has 0 bridgehead atoms. The van der Waals surface area contributed by atoms with Crippen LogP contribution < -0.4 is 9.47 Å². The van der Waals surface area contributed by atoms with Crippen LogP contribution in [0.5, 0.6) is 11.5 Å². The van der Waals surface area contributed by atoms with Crippen molar-refractivity contribution in [2.24, 2.45) is 0 Å². The van der Waals surface area contributed by atoms with Gasteiger partial charge in [0, 0.05) is 23.1 Å². The van der Waals surface area contributed by atoms with Crippen molar-refractivity contribution in [3.05, 3.63) is 106 Å². The molecule has 0 aliphatic heterocycles. The number of rotatable bonds is 11. The van der Waals surface area contributed by atoms with Gasteiger partial charge in [-0.05, 0) is 66.3 Å². The fourth-order valence-corrected chi connectivity index (χ4v) is 4.38. The van der Waals surface area contributed by atoms with E-state index in [1.54, 1.807) is 30.3 Å². The van der Waals surface area contributed by atoms with Crippen LogP contribution in [0, 0.1) is 17.5 Å². The molecule has 0 heterocycles. The lowest BCUT2D eigenvalue weighted by Gasteiger charge is -2.11. The first-order valence-corrected chi connectivity index (χ1v) is 12.8. The molecule has 4 aromatic carbocycles. The van der Waals surface area contributed by atoms with Crippen LogP contribution in [-0.4, -0.2) is 13.0 Å². The normalized spacial score (nSPS) is 11.7. The van der Waals surface area contributed by atoms with Crippen molar-refractivity contribution in [1.29, 1.82) is 0 Å². The standard InChI is InChI=1S/C31H28F6O2/c1-2-3-16-38-25-18-28(32)27(29(33)19-25)15-8-21-7-14-26-23(17-21)11-10-22(30(26)34)9-4-20-5-12-24(13-6-20)39-31(35,36)37/h5-7,10-14,17-19H,2-4,8-9,15-16H2,1H3. The number of alkyl halides is 3. The lowest BCUT2D eigenvalue weighted by Crippen LogP contribution is -2.17. The van der Waals surface area contributed by atoms with Crippen LogP contribution in [0.2, 0.25) is 0 Å². The highest BCUT2D eigenvalue weighted by Crippen LogP contribution is 2.27. The maximum absolute atomic E-state index is 15.2. The van der Waals surface area contributed by atoms with Crippen LogP contribution >= 0.6 is 0 Å². The van der Waals surface area contributed by atoms with E-state index >= 15 is 4.39 Å². The molecule has 39 heavy (non-hydrogen) atoms. The number of halogens is 6. The summed E-state index contributed by atoms with van der Waals surface area (Å²) in [6, 6.07) is 16.6. The largest absolute Gasteiger partial charge is 0.573 e. The average molecular weight is 547 g/mol. The van der Waals surface area contributed by atoms with Gasteiger partial charge in [0.1, 0.15) is 29.0 Å². The Morgan fingerprint density at radius 2 is 1.36 bits per heavy atom. The first-order valence-electron chi connectivity index (χ1n) is 12.8. The smallest absolute Gasteiger partial charge is 0.493 e. The summed E-state index contributed by atoms with van der Waals surface area (Å²) in [7, 11) is 0. The van der Waals surface area contributed by atoms with Gasteiger partial charge in [-0.15, -0.1) is 13.2 Å². The van der Waals surface area contributed by atoms with Gasteiger partial charge in [-0.25, -0.2) is 13.2 Å². The molecular formula is C31H28F6O2. The highest BCUT2D eigenvalue weighted by atomic mass is 19.4. The van der Waals surface area contributed by atoms with Crippen LogP contribution in [0.1, 0.15) is 42.0 Å². The molecule has 0 saturated heterocycles.